The molecule has 0 radical (unpaired) electrons. The van der Waals surface area contributed by atoms with E-state index >= 15 is 0 Å². The summed E-state index contributed by atoms with van der Waals surface area (Å²) in [4.78, 5) is 23.6. The van der Waals surface area contributed by atoms with E-state index in [1.165, 1.54) is 103 Å². The van der Waals surface area contributed by atoms with Gasteiger partial charge in [0.2, 0.25) is 0 Å². The van der Waals surface area contributed by atoms with Crippen LogP contribution in [0.5, 0.6) is 0 Å². The summed E-state index contributed by atoms with van der Waals surface area (Å²) in [5, 5.41) is 9.30. The monoisotopic (exact) mass is 480 g/mol. The first-order valence-electron chi connectivity index (χ1n) is 14.9. The third kappa shape index (κ3) is 16.5. The third-order valence-electron chi connectivity index (χ3n) is 7.56. The van der Waals surface area contributed by atoms with Crippen molar-refractivity contribution >= 4 is 11.9 Å². The van der Waals surface area contributed by atoms with Gasteiger partial charge in [-0.15, -0.1) is 0 Å². The van der Waals surface area contributed by atoms with Crippen LogP contribution in [-0.4, -0.2) is 23.7 Å². The van der Waals surface area contributed by atoms with Gasteiger partial charge in [0, 0.05) is 0 Å². The van der Waals surface area contributed by atoms with Crippen molar-refractivity contribution in [3.8, 4) is 0 Å². The molecular formula is C30H56O4. The van der Waals surface area contributed by atoms with E-state index in [0.29, 0.717) is 19.4 Å². The van der Waals surface area contributed by atoms with Crippen molar-refractivity contribution in [1.29, 1.82) is 0 Å². The lowest BCUT2D eigenvalue weighted by atomic mass is 9.79. The molecule has 2 unspecified atom stereocenters. The number of carbonyl (C=O) groups is 2. The van der Waals surface area contributed by atoms with Gasteiger partial charge >= 0.3 is 11.9 Å². The Morgan fingerprint density at radius 1 is 0.647 bits per heavy atom. The molecule has 4 heteroatoms. The van der Waals surface area contributed by atoms with Crippen molar-refractivity contribution in [1.82, 2.24) is 0 Å². The van der Waals surface area contributed by atoms with Gasteiger partial charge in [-0.3, -0.25) is 9.59 Å². The van der Waals surface area contributed by atoms with Gasteiger partial charge in [0.1, 0.15) is 0 Å². The van der Waals surface area contributed by atoms with Crippen LogP contribution < -0.4 is 0 Å². The van der Waals surface area contributed by atoms with E-state index in [0.717, 1.165) is 31.6 Å². The molecule has 0 saturated heterocycles. The Morgan fingerprint density at radius 2 is 1.03 bits per heavy atom. The quantitative estimate of drug-likeness (QED) is 0.124. The molecule has 1 N–H and O–H groups in total. The van der Waals surface area contributed by atoms with Crippen molar-refractivity contribution in [2.24, 2.45) is 17.8 Å². The first kappa shape index (κ1) is 31.0. The second-order valence-corrected chi connectivity index (χ2v) is 11.2. The SMILES string of the molecule is CC(C)CCCCCCCCCCCCCCCCCCCOC(=O)C1CCCCC1C(=O)O. The summed E-state index contributed by atoms with van der Waals surface area (Å²) in [6, 6.07) is 0. The number of hydrogen-bond donors (Lipinski definition) is 1. The average molecular weight is 481 g/mol. The van der Waals surface area contributed by atoms with Gasteiger partial charge in [0.05, 0.1) is 18.4 Å². The predicted octanol–water partition coefficient (Wildman–Crippen LogP) is 9.10. The molecule has 1 aliphatic rings. The number of carboxylic acid groups (broad SMARTS) is 1. The second kappa shape index (κ2) is 21.2. The largest absolute Gasteiger partial charge is 0.481 e. The normalized spacial score (nSPS) is 18.3. The molecule has 1 fully saturated rings. The molecular weight excluding hydrogens is 424 g/mol. The summed E-state index contributed by atoms with van der Waals surface area (Å²) < 4.78 is 5.40. The van der Waals surface area contributed by atoms with Gasteiger partial charge in [0.15, 0.2) is 0 Å². The molecule has 0 heterocycles. The first-order chi connectivity index (χ1) is 16.5. The molecule has 200 valence electrons. The van der Waals surface area contributed by atoms with Crippen LogP contribution in [0.1, 0.15) is 155 Å². The molecule has 0 aromatic rings. The number of aliphatic carboxylic acids is 1. The number of unbranched alkanes of at least 4 members (excludes halogenated alkanes) is 16. The number of hydrogen-bond acceptors (Lipinski definition) is 3. The van der Waals surface area contributed by atoms with E-state index in [2.05, 4.69) is 13.8 Å². The van der Waals surface area contributed by atoms with E-state index in [-0.39, 0.29) is 5.97 Å². The fourth-order valence-electron chi connectivity index (χ4n) is 5.29. The summed E-state index contributed by atoms with van der Waals surface area (Å²) in [6.45, 7) is 5.09. The van der Waals surface area contributed by atoms with Crippen LogP contribution >= 0.6 is 0 Å². The third-order valence-corrected chi connectivity index (χ3v) is 7.56. The molecule has 0 aromatic carbocycles. The van der Waals surface area contributed by atoms with Gasteiger partial charge in [-0.1, -0.05) is 136 Å². The minimum absolute atomic E-state index is 0.288. The smallest absolute Gasteiger partial charge is 0.309 e. The summed E-state index contributed by atoms with van der Waals surface area (Å²) in [5.41, 5.74) is 0. The van der Waals surface area contributed by atoms with Crippen LogP contribution in [0, 0.1) is 17.8 Å². The lowest BCUT2D eigenvalue weighted by Crippen LogP contribution is -2.33. The lowest BCUT2D eigenvalue weighted by Gasteiger charge is -2.26. The van der Waals surface area contributed by atoms with E-state index in [9.17, 15) is 14.7 Å². The van der Waals surface area contributed by atoms with Crippen LogP contribution in [0.3, 0.4) is 0 Å². The van der Waals surface area contributed by atoms with Crippen LogP contribution in [0.2, 0.25) is 0 Å². The van der Waals surface area contributed by atoms with Crippen LogP contribution in [0.15, 0.2) is 0 Å². The van der Waals surface area contributed by atoms with Crippen molar-refractivity contribution in [3.05, 3.63) is 0 Å². The highest BCUT2D eigenvalue weighted by molar-refractivity contribution is 5.81. The van der Waals surface area contributed by atoms with Gasteiger partial charge < -0.3 is 9.84 Å². The maximum absolute atomic E-state index is 12.2. The molecule has 0 aromatic heterocycles. The zero-order chi connectivity index (χ0) is 24.9. The molecule has 0 amide bonds. The number of carboxylic acids is 1. The van der Waals surface area contributed by atoms with Crippen LogP contribution in [0.4, 0.5) is 0 Å². The summed E-state index contributed by atoms with van der Waals surface area (Å²) >= 11 is 0. The standard InChI is InChI=1S/C30H56O4/c1-26(2)22-18-16-14-12-10-8-6-4-3-5-7-9-11-13-15-17-21-25-34-30(33)28-24-20-19-23-27(28)29(31)32/h26-28H,3-25H2,1-2H3,(H,31,32). The molecule has 34 heavy (non-hydrogen) atoms. The predicted molar refractivity (Wildman–Crippen MR) is 142 cm³/mol. The molecule has 1 aliphatic carbocycles. The van der Waals surface area contributed by atoms with E-state index in [4.69, 9.17) is 4.74 Å². The molecule has 1 saturated carbocycles. The van der Waals surface area contributed by atoms with Crippen molar-refractivity contribution in [3.63, 3.8) is 0 Å². The van der Waals surface area contributed by atoms with Crippen molar-refractivity contribution in [2.75, 3.05) is 6.61 Å². The number of carbonyl (C=O) groups excluding carboxylic acids is 1. The van der Waals surface area contributed by atoms with Crippen molar-refractivity contribution in [2.45, 2.75) is 155 Å². The van der Waals surface area contributed by atoms with Gasteiger partial charge in [-0.25, -0.2) is 0 Å². The Morgan fingerprint density at radius 3 is 1.44 bits per heavy atom. The summed E-state index contributed by atoms with van der Waals surface area (Å²) in [6.07, 6.45) is 27.2. The Kier molecular flexibility index (Phi) is 19.3. The van der Waals surface area contributed by atoms with Gasteiger partial charge in [-0.2, -0.15) is 0 Å². The second-order valence-electron chi connectivity index (χ2n) is 11.2. The highest BCUT2D eigenvalue weighted by Crippen LogP contribution is 2.31. The van der Waals surface area contributed by atoms with Gasteiger partial charge in [-0.05, 0) is 25.2 Å². The molecule has 2 atom stereocenters. The summed E-state index contributed by atoms with van der Waals surface area (Å²) in [5.74, 6) is -1.25. The number of esters is 1. The van der Waals surface area contributed by atoms with E-state index in [1.807, 2.05) is 0 Å². The Bertz CT molecular complexity index is 502. The topological polar surface area (TPSA) is 63.6 Å². The lowest BCUT2D eigenvalue weighted by molar-refractivity contribution is -0.159. The molecule has 1 rings (SSSR count). The maximum Gasteiger partial charge on any atom is 0.309 e. The molecule has 0 bridgehead atoms. The van der Waals surface area contributed by atoms with Crippen molar-refractivity contribution < 1.29 is 19.4 Å². The molecule has 0 aliphatic heterocycles. The highest BCUT2D eigenvalue weighted by atomic mass is 16.5. The van der Waals surface area contributed by atoms with E-state index in [1.54, 1.807) is 0 Å². The minimum atomic E-state index is -0.847. The van der Waals surface area contributed by atoms with Crippen LogP contribution in [-0.2, 0) is 14.3 Å². The Balaban J connectivity index is 1.79. The number of rotatable bonds is 22. The maximum atomic E-state index is 12.2. The fraction of sp³-hybridized carbons (Fsp3) is 0.933. The fourth-order valence-corrected chi connectivity index (χ4v) is 5.29. The first-order valence-corrected chi connectivity index (χ1v) is 14.9. The Labute approximate surface area is 211 Å². The zero-order valence-electron chi connectivity index (χ0n) is 22.7. The molecule has 0 spiro atoms. The van der Waals surface area contributed by atoms with Gasteiger partial charge in [0.25, 0.3) is 0 Å². The Hall–Kier alpha value is -1.06. The summed E-state index contributed by atoms with van der Waals surface area (Å²) in [7, 11) is 0. The zero-order valence-corrected chi connectivity index (χ0v) is 22.7. The van der Waals surface area contributed by atoms with Crippen LogP contribution in [0.25, 0.3) is 0 Å². The highest BCUT2D eigenvalue weighted by Gasteiger charge is 2.36. The molecule has 4 nitrogen and oxygen atoms in total. The minimum Gasteiger partial charge on any atom is -0.481 e. The number of ether oxygens (including phenoxy) is 1. The van der Waals surface area contributed by atoms with E-state index < -0.39 is 17.8 Å². The average Bonchev–Trinajstić information content (AvgIpc) is 2.82.